The maximum atomic E-state index is 12.9. The first-order valence-corrected chi connectivity index (χ1v) is 8.52. The molecule has 1 rings (SSSR count). The molecule has 0 aliphatic heterocycles. The molecule has 0 radical (unpaired) electrons. The summed E-state index contributed by atoms with van der Waals surface area (Å²) in [5.41, 5.74) is 0. The number of hydrogen-bond donors (Lipinski definition) is 0. The molecule has 0 amide bonds. The molecule has 0 saturated carbocycles. The van der Waals surface area contributed by atoms with E-state index in [0.29, 0.717) is 6.42 Å². The molecule has 1 aromatic rings. The number of benzene rings is 1. The molecule has 0 saturated heterocycles. The highest BCUT2D eigenvalue weighted by Gasteiger charge is 2.15. The lowest BCUT2D eigenvalue weighted by Crippen LogP contribution is -2.12. The normalized spacial score (nSPS) is 12.1. The maximum absolute atomic E-state index is 12.9. The van der Waals surface area contributed by atoms with Gasteiger partial charge in [-0.3, -0.25) is 4.79 Å². The van der Waals surface area contributed by atoms with Crippen LogP contribution in [0.4, 0.5) is 4.39 Å². The highest BCUT2D eigenvalue weighted by molar-refractivity contribution is 8.00. The van der Waals surface area contributed by atoms with Crippen LogP contribution in [0.25, 0.3) is 0 Å². The van der Waals surface area contributed by atoms with E-state index in [1.165, 1.54) is 44.9 Å². The summed E-state index contributed by atoms with van der Waals surface area (Å²) < 4.78 is 17.7. The minimum Gasteiger partial charge on any atom is -0.469 e. The second-order valence-corrected chi connectivity index (χ2v) is 6.55. The smallest absolute Gasteiger partial charge is 0.306 e. The Morgan fingerprint density at radius 2 is 1.86 bits per heavy atom. The highest BCUT2D eigenvalue weighted by atomic mass is 32.2. The van der Waals surface area contributed by atoms with Crippen LogP contribution >= 0.6 is 11.8 Å². The van der Waals surface area contributed by atoms with E-state index in [1.807, 2.05) is 0 Å². The topological polar surface area (TPSA) is 26.3 Å². The first kappa shape index (κ1) is 18.0. The first-order chi connectivity index (χ1) is 10.2. The zero-order chi connectivity index (χ0) is 15.5. The SMILES string of the molecule is CCCCCCCC(CC(=O)OC)Sc1ccc(F)cc1. The third-order valence-electron chi connectivity index (χ3n) is 3.37. The van der Waals surface area contributed by atoms with Gasteiger partial charge in [-0.25, -0.2) is 4.39 Å². The van der Waals surface area contributed by atoms with Gasteiger partial charge in [0.1, 0.15) is 5.82 Å². The molecule has 0 bridgehead atoms. The second-order valence-electron chi connectivity index (χ2n) is 5.18. The van der Waals surface area contributed by atoms with Crippen molar-refractivity contribution in [2.24, 2.45) is 0 Å². The summed E-state index contributed by atoms with van der Waals surface area (Å²) in [7, 11) is 1.42. The first-order valence-electron chi connectivity index (χ1n) is 7.64. The van der Waals surface area contributed by atoms with Crippen molar-refractivity contribution in [2.45, 2.75) is 62.0 Å². The van der Waals surface area contributed by atoms with Crippen molar-refractivity contribution in [1.82, 2.24) is 0 Å². The van der Waals surface area contributed by atoms with Gasteiger partial charge in [0.2, 0.25) is 0 Å². The van der Waals surface area contributed by atoms with Gasteiger partial charge in [0.15, 0.2) is 0 Å². The number of carbonyl (C=O) groups excluding carboxylic acids is 1. The average molecular weight is 312 g/mol. The van der Waals surface area contributed by atoms with Crippen LogP contribution in [0.1, 0.15) is 51.9 Å². The van der Waals surface area contributed by atoms with Gasteiger partial charge in [0.25, 0.3) is 0 Å². The quantitative estimate of drug-likeness (QED) is 0.337. The highest BCUT2D eigenvalue weighted by Crippen LogP contribution is 2.29. The Hall–Kier alpha value is -1.03. The van der Waals surface area contributed by atoms with E-state index in [1.54, 1.807) is 23.9 Å². The zero-order valence-corrected chi connectivity index (χ0v) is 13.8. The number of rotatable bonds is 10. The fourth-order valence-electron chi connectivity index (χ4n) is 2.15. The maximum Gasteiger partial charge on any atom is 0.306 e. The number of thioether (sulfide) groups is 1. The minimum absolute atomic E-state index is 0.178. The van der Waals surface area contributed by atoms with Crippen LogP contribution < -0.4 is 0 Å². The molecule has 0 spiro atoms. The van der Waals surface area contributed by atoms with Gasteiger partial charge in [-0.2, -0.15) is 0 Å². The van der Waals surface area contributed by atoms with E-state index in [0.717, 1.165) is 17.7 Å². The molecule has 0 aliphatic rings. The van der Waals surface area contributed by atoms with Gasteiger partial charge in [-0.15, -0.1) is 11.8 Å². The molecule has 0 fully saturated rings. The monoisotopic (exact) mass is 312 g/mol. The summed E-state index contributed by atoms with van der Waals surface area (Å²) >= 11 is 1.64. The van der Waals surface area contributed by atoms with Crippen LogP contribution in [0.15, 0.2) is 29.2 Å². The van der Waals surface area contributed by atoms with Crippen molar-refractivity contribution in [1.29, 1.82) is 0 Å². The standard InChI is InChI=1S/C17H25FO2S/c1-3-4-5-6-7-8-16(13-17(19)20-2)21-15-11-9-14(18)10-12-15/h9-12,16H,3-8,13H2,1-2H3. The molecular formula is C17H25FO2S. The van der Waals surface area contributed by atoms with Crippen molar-refractivity contribution < 1.29 is 13.9 Å². The van der Waals surface area contributed by atoms with Gasteiger partial charge >= 0.3 is 5.97 Å². The van der Waals surface area contributed by atoms with Crippen molar-refractivity contribution in [3.63, 3.8) is 0 Å². The molecule has 0 heterocycles. The molecule has 0 aromatic heterocycles. The summed E-state index contributed by atoms with van der Waals surface area (Å²) in [6.45, 7) is 2.20. The van der Waals surface area contributed by atoms with Gasteiger partial charge in [0.05, 0.1) is 13.5 Å². The van der Waals surface area contributed by atoms with E-state index in [9.17, 15) is 9.18 Å². The van der Waals surface area contributed by atoms with Gasteiger partial charge in [0, 0.05) is 10.1 Å². The summed E-state index contributed by atoms with van der Waals surface area (Å²) in [5, 5.41) is 0.199. The summed E-state index contributed by atoms with van der Waals surface area (Å²) in [6, 6.07) is 6.44. The van der Waals surface area contributed by atoms with Crippen LogP contribution in [0, 0.1) is 5.82 Å². The number of esters is 1. The number of carbonyl (C=O) groups is 1. The Morgan fingerprint density at radius 3 is 2.48 bits per heavy atom. The molecule has 1 atom stereocenters. The van der Waals surface area contributed by atoms with Crippen LogP contribution in [0.5, 0.6) is 0 Å². The summed E-state index contributed by atoms with van der Waals surface area (Å²) in [4.78, 5) is 12.5. The number of methoxy groups -OCH3 is 1. The van der Waals surface area contributed by atoms with E-state index in [-0.39, 0.29) is 17.0 Å². The van der Waals surface area contributed by atoms with E-state index < -0.39 is 0 Å². The summed E-state index contributed by atoms with van der Waals surface area (Å²) in [6.07, 6.45) is 7.48. The van der Waals surface area contributed by atoms with Crippen LogP contribution in [0.3, 0.4) is 0 Å². The average Bonchev–Trinajstić information content (AvgIpc) is 2.49. The fraction of sp³-hybridized carbons (Fsp3) is 0.588. The lowest BCUT2D eigenvalue weighted by molar-refractivity contribution is -0.140. The molecule has 118 valence electrons. The molecule has 21 heavy (non-hydrogen) atoms. The predicted molar refractivity (Wildman–Crippen MR) is 86.1 cm³/mol. The second kappa shape index (κ2) is 10.7. The number of hydrogen-bond acceptors (Lipinski definition) is 3. The van der Waals surface area contributed by atoms with E-state index in [2.05, 4.69) is 6.92 Å². The fourth-order valence-corrected chi connectivity index (χ4v) is 3.34. The van der Waals surface area contributed by atoms with E-state index in [4.69, 9.17) is 4.74 Å². The minimum atomic E-state index is -0.233. The summed E-state index contributed by atoms with van der Waals surface area (Å²) in [5.74, 6) is -0.411. The molecule has 4 heteroatoms. The Kier molecular flexibility index (Phi) is 9.15. The number of halogens is 1. The van der Waals surface area contributed by atoms with Crippen molar-refractivity contribution in [3.05, 3.63) is 30.1 Å². The number of unbranched alkanes of at least 4 members (excludes halogenated alkanes) is 4. The Balaban J connectivity index is 2.47. The zero-order valence-electron chi connectivity index (χ0n) is 12.9. The molecule has 0 aliphatic carbocycles. The van der Waals surface area contributed by atoms with E-state index >= 15 is 0 Å². The van der Waals surface area contributed by atoms with Crippen molar-refractivity contribution >= 4 is 17.7 Å². The molecule has 1 unspecified atom stereocenters. The lowest BCUT2D eigenvalue weighted by atomic mass is 10.1. The Bertz CT molecular complexity index is 406. The molecule has 0 N–H and O–H groups in total. The Labute approximate surface area is 131 Å². The molecular weight excluding hydrogens is 287 g/mol. The largest absolute Gasteiger partial charge is 0.469 e. The third-order valence-corrected chi connectivity index (χ3v) is 4.65. The van der Waals surface area contributed by atoms with Gasteiger partial charge in [-0.05, 0) is 30.7 Å². The van der Waals surface area contributed by atoms with Crippen molar-refractivity contribution in [2.75, 3.05) is 7.11 Å². The Morgan fingerprint density at radius 1 is 1.19 bits per heavy atom. The van der Waals surface area contributed by atoms with Crippen LogP contribution in [0.2, 0.25) is 0 Å². The van der Waals surface area contributed by atoms with Crippen LogP contribution in [-0.4, -0.2) is 18.3 Å². The third kappa shape index (κ3) is 8.10. The lowest BCUT2D eigenvalue weighted by Gasteiger charge is -2.15. The molecule has 2 nitrogen and oxygen atoms in total. The van der Waals surface area contributed by atoms with Gasteiger partial charge in [-0.1, -0.05) is 39.0 Å². The number of ether oxygens (including phenoxy) is 1. The predicted octanol–water partition coefficient (Wildman–Crippen LogP) is 5.21. The molecule has 1 aromatic carbocycles. The van der Waals surface area contributed by atoms with Crippen molar-refractivity contribution in [3.8, 4) is 0 Å². The van der Waals surface area contributed by atoms with Gasteiger partial charge < -0.3 is 4.74 Å². The van der Waals surface area contributed by atoms with Crippen LogP contribution in [-0.2, 0) is 9.53 Å².